The third kappa shape index (κ3) is 5.79. The molecule has 0 aliphatic heterocycles. The van der Waals surface area contributed by atoms with Crippen LogP contribution in [0.25, 0.3) is 0 Å². The van der Waals surface area contributed by atoms with Crippen molar-refractivity contribution >= 4 is 34.3 Å². The molecular formula is C34H32N4S. The summed E-state index contributed by atoms with van der Waals surface area (Å²) in [5.74, 6) is 0.599. The Morgan fingerprint density at radius 3 is 1.44 bits per heavy atom. The normalized spacial score (nSPS) is 12.2. The second-order valence-corrected chi connectivity index (χ2v) is 10.8. The molecule has 0 saturated carbocycles. The molecule has 0 aliphatic carbocycles. The lowest BCUT2D eigenvalue weighted by Gasteiger charge is -2.10. The number of aromatic nitrogens is 2. The molecule has 1 aromatic heterocycles. The lowest BCUT2D eigenvalue weighted by atomic mass is 10.0. The second-order valence-electron chi connectivity index (χ2n) is 10.1. The van der Waals surface area contributed by atoms with Gasteiger partial charge in [0.25, 0.3) is 0 Å². The Balaban J connectivity index is 1.68. The van der Waals surface area contributed by atoms with E-state index in [9.17, 15) is 0 Å². The van der Waals surface area contributed by atoms with Crippen LogP contribution < -0.4 is 0 Å². The molecule has 5 aromatic rings. The van der Waals surface area contributed by atoms with Crippen LogP contribution in [0.2, 0.25) is 0 Å². The van der Waals surface area contributed by atoms with Crippen LogP contribution in [0.3, 0.4) is 0 Å². The molecule has 0 radical (unpaired) electrons. The number of hydrogen-bond acceptors (Lipinski definition) is 5. The van der Waals surface area contributed by atoms with Crippen molar-refractivity contribution in [1.29, 1.82) is 0 Å². The Bertz CT molecular complexity index is 1520. The lowest BCUT2D eigenvalue weighted by Crippen LogP contribution is -2.08. The van der Waals surface area contributed by atoms with Crippen molar-refractivity contribution in [3.8, 4) is 0 Å². The minimum absolute atomic E-state index is 0.599. The minimum atomic E-state index is 0.599. The average molecular weight is 529 g/mol. The fraction of sp³-hybridized carbons (Fsp3) is 0.176. The summed E-state index contributed by atoms with van der Waals surface area (Å²) in [6, 6.07) is 29.1. The van der Waals surface area contributed by atoms with Gasteiger partial charge in [0.05, 0.1) is 11.4 Å². The maximum absolute atomic E-state index is 5.19. The molecular weight excluding hydrogens is 496 g/mol. The zero-order chi connectivity index (χ0) is 27.5. The van der Waals surface area contributed by atoms with Gasteiger partial charge < -0.3 is 0 Å². The van der Waals surface area contributed by atoms with Gasteiger partial charge in [-0.3, -0.25) is 0 Å². The van der Waals surface area contributed by atoms with Crippen LogP contribution in [0.5, 0.6) is 0 Å². The molecule has 39 heavy (non-hydrogen) atoms. The van der Waals surface area contributed by atoms with Crippen LogP contribution >= 0.6 is 11.5 Å². The first-order valence-corrected chi connectivity index (χ1v) is 13.9. The lowest BCUT2D eigenvalue weighted by molar-refractivity contribution is 1.23. The van der Waals surface area contributed by atoms with Crippen LogP contribution in [0.4, 0.5) is 11.4 Å². The van der Waals surface area contributed by atoms with Gasteiger partial charge in [-0.15, -0.1) is 0 Å². The monoisotopic (exact) mass is 528 g/mol. The quantitative estimate of drug-likeness (QED) is 0.207. The first-order valence-electron chi connectivity index (χ1n) is 13.1. The highest BCUT2D eigenvalue weighted by molar-refractivity contribution is 7.08. The highest BCUT2D eigenvalue weighted by Crippen LogP contribution is 2.30. The van der Waals surface area contributed by atoms with E-state index in [0.29, 0.717) is 5.82 Å². The summed E-state index contributed by atoms with van der Waals surface area (Å²) in [7, 11) is 0. The van der Waals surface area contributed by atoms with E-state index in [1.807, 2.05) is 36.4 Å². The van der Waals surface area contributed by atoms with Gasteiger partial charge in [-0.25, -0.2) is 15.0 Å². The van der Waals surface area contributed by atoms with Crippen LogP contribution in [0.1, 0.15) is 55.3 Å². The van der Waals surface area contributed by atoms with Gasteiger partial charge in [0, 0.05) is 11.1 Å². The summed E-state index contributed by atoms with van der Waals surface area (Å²) in [4.78, 5) is 15.4. The standard InChI is InChI=1S/C34H32N4S/c1-21-17-23(3)29(24(4)18-21)35-31(27-13-9-7-10-14-27)33-37-34(39-38-33)32(28-15-11-8-12-16-28)36-30-25(5)19-22(2)20-26(30)6/h7-20H,1-6H3. The maximum atomic E-state index is 5.19. The first kappa shape index (κ1) is 26.4. The third-order valence-electron chi connectivity index (χ3n) is 6.65. The van der Waals surface area contributed by atoms with Crippen molar-refractivity contribution in [2.45, 2.75) is 41.5 Å². The van der Waals surface area contributed by atoms with E-state index in [2.05, 4.69) is 90.1 Å². The molecule has 0 atom stereocenters. The number of aryl methyl sites for hydroxylation is 6. The van der Waals surface area contributed by atoms with Gasteiger partial charge in [0.1, 0.15) is 11.4 Å². The van der Waals surface area contributed by atoms with Crippen LogP contribution in [0.15, 0.2) is 94.9 Å². The van der Waals surface area contributed by atoms with Crippen molar-refractivity contribution in [3.05, 3.63) is 140 Å². The Morgan fingerprint density at radius 2 is 0.974 bits per heavy atom. The number of nitrogens with zero attached hydrogens (tertiary/aromatic N) is 4. The predicted molar refractivity (Wildman–Crippen MR) is 165 cm³/mol. The van der Waals surface area contributed by atoms with Gasteiger partial charge in [-0.1, -0.05) is 96.1 Å². The average Bonchev–Trinajstić information content (AvgIpc) is 3.38. The molecule has 5 rings (SSSR count). The fourth-order valence-electron chi connectivity index (χ4n) is 5.01. The van der Waals surface area contributed by atoms with Crippen molar-refractivity contribution < 1.29 is 0 Å². The molecule has 0 spiro atoms. The number of hydrogen-bond donors (Lipinski definition) is 0. The molecule has 0 N–H and O–H groups in total. The summed E-state index contributed by atoms with van der Waals surface area (Å²) in [5.41, 5.74) is 12.5. The fourth-order valence-corrected chi connectivity index (χ4v) is 5.69. The van der Waals surface area contributed by atoms with Crippen LogP contribution in [-0.2, 0) is 0 Å². The Labute approximate surface area is 235 Å². The summed E-state index contributed by atoms with van der Waals surface area (Å²) >= 11 is 1.36. The van der Waals surface area contributed by atoms with E-state index in [1.165, 1.54) is 22.7 Å². The van der Waals surface area contributed by atoms with Crippen molar-refractivity contribution in [2.24, 2.45) is 9.98 Å². The first-order chi connectivity index (χ1) is 18.8. The predicted octanol–water partition coefficient (Wildman–Crippen LogP) is 8.73. The molecule has 1 heterocycles. The zero-order valence-electron chi connectivity index (χ0n) is 23.3. The molecule has 0 bridgehead atoms. The number of rotatable bonds is 6. The maximum Gasteiger partial charge on any atom is 0.192 e. The molecule has 0 fully saturated rings. The van der Waals surface area contributed by atoms with E-state index >= 15 is 0 Å². The third-order valence-corrected chi connectivity index (χ3v) is 7.37. The molecule has 4 aromatic carbocycles. The molecule has 0 saturated heterocycles. The molecule has 0 amide bonds. The summed E-state index contributed by atoms with van der Waals surface area (Å²) in [5, 5.41) is 0.761. The van der Waals surface area contributed by atoms with Gasteiger partial charge in [-0.2, -0.15) is 4.37 Å². The van der Waals surface area contributed by atoms with Crippen molar-refractivity contribution in [2.75, 3.05) is 0 Å². The van der Waals surface area contributed by atoms with E-state index < -0.39 is 0 Å². The number of benzene rings is 4. The van der Waals surface area contributed by atoms with E-state index in [1.54, 1.807) is 0 Å². The molecule has 194 valence electrons. The van der Waals surface area contributed by atoms with Gasteiger partial charge in [0.15, 0.2) is 10.8 Å². The highest BCUT2D eigenvalue weighted by Gasteiger charge is 2.19. The van der Waals surface area contributed by atoms with E-state index in [-0.39, 0.29) is 0 Å². The summed E-state index contributed by atoms with van der Waals surface area (Å²) in [6.07, 6.45) is 0. The molecule has 0 unspecified atom stereocenters. The highest BCUT2D eigenvalue weighted by atomic mass is 32.1. The Morgan fingerprint density at radius 1 is 0.564 bits per heavy atom. The smallest absolute Gasteiger partial charge is 0.192 e. The largest absolute Gasteiger partial charge is 0.245 e. The zero-order valence-corrected chi connectivity index (χ0v) is 24.1. The molecule has 4 nitrogen and oxygen atoms in total. The van der Waals surface area contributed by atoms with Crippen molar-refractivity contribution in [3.63, 3.8) is 0 Å². The topological polar surface area (TPSA) is 50.5 Å². The van der Waals surface area contributed by atoms with E-state index in [0.717, 1.165) is 61.2 Å². The Hall–Kier alpha value is -4.22. The van der Waals surface area contributed by atoms with Gasteiger partial charge >= 0.3 is 0 Å². The minimum Gasteiger partial charge on any atom is -0.245 e. The number of aliphatic imine (C=N–C) groups is 2. The van der Waals surface area contributed by atoms with Crippen LogP contribution in [-0.4, -0.2) is 20.8 Å². The molecule has 5 heteroatoms. The van der Waals surface area contributed by atoms with Crippen LogP contribution in [0, 0.1) is 41.5 Å². The SMILES string of the molecule is Cc1cc(C)c(N=C(c2ccccc2)c2nsc(C(=Nc3c(C)cc(C)cc3C)c3ccccc3)n2)c(C)c1. The summed E-state index contributed by atoms with van der Waals surface area (Å²) in [6.45, 7) is 12.7. The molecule has 0 aliphatic rings. The van der Waals surface area contributed by atoms with E-state index in [4.69, 9.17) is 19.3 Å². The second kappa shape index (κ2) is 11.3. The Kier molecular flexibility index (Phi) is 7.62. The van der Waals surface area contributed by atoms with Gasteiger partial charge in [0.2, 0.25) is 0 Å². The summed E-state index contributed by atoms with van der Waals surface area (Å²) < 4.78 is 4.83. The van der Waals surface area contributed by atoms with Crippen molar-refractivity contribution in [1.82, 2.24) is 9.36 Å². The van der Waals surface area contributed by atoms with Gasteiger partial charge in [-0.05, 0) is 75.3 Å².